The lowest BCUT2D eigenvalue weighted by Gasteiger charge is -2.21. The maximum Gasteiger partial charge on any atom is 0.268 e. The van der Waals surface area contributed by atoms with E-state index in [0.717, 1.165) is 28.2 Å². The third-order valence-electron chi connectivity index (χ3n) is 4.41. The van der Waals surface area contributed by atoms with Crippen LogP contribution >= 0.6 is 11.3 Å². The summed E-state index contributed by atoms with van der Waals surface area (Å²) in [5.74, 6) is 2.06. The molecule has 4 rings (SSSR count). The van der Waals surface area contributed by atoms with E-state index in [9.17, 15) is 4.79 Å². The number of hydrogen-bond donors (Lipinski definition) is 1. The van der Waals surface area contributed by atoms with Gasteiger partial charge in [0.15, 0.2) is 5.82 Å². The Morgan fingerprint density at radius 1 is 1.11 bits per heavy atom. The summed E-state index contributed by atoms with van der Waals surface area (Å²) in [6, 6.07) is 5.63. The van der Waals surface area contributed by atoms with Gasteiger partial charge in [-0.05, 0) is 37.4 Å². The number of rotatable bonds is 4. The number of aryl methyl sites for hydroxylation is 1. The molecule has 0 bridgehead atoms. The minimum absolute atomic E-state index is 0.105. The van der Waals surface area contributed by atoms with Crippen LogP contribution in [0, 0.1) is 13.8 Å². The third-order valence-corrected chi connectivity index (χ3v) is 5.32. The number of thiophene rings is 1. The fraction of sp³-hybridized carbons (Fsp3) is 0.211. The van der Waals surface area contributed by atoms with E-state index >= 15 is 0 Å². The summed E-state index contributed by atoms with van der Waals surface area (Å²) in [7, 11) is 1.93. The summed E-state index contributed by atoms with van der Waals surface area (Å²) in [5.41, 5.74) is 3.43. The lowest BCUT2D eigenvalue weighted by Crippen LogP contribution is -2.23. The third kappa shape index (κ3) is 3.31. The van der Waals surface area contributed by atoms with E-state index in [1.165, 1.54) is 11.3 Å². The number of aromatic amines is 1. The number of anilines is 1. The minimum Gasteiger partial charge on any atom is -0.352 e. The second kappa shape index (κ2) is 6.88. The molecule has 0 aliphatic heterocycles. The van der Waals surface area contributed by atoms with Crippen LogP contribution in [0.2, 0.25) is 0 Å². The first-order valence-corrected chi connectivity index (χ1v) is 9.34. The van der Waals surface area contributed by atoms with Gasteiger partial charge < -0.3 is 9.88 Å². The Hall–Kier alpha value is -3.13. The predicted octanol–water partition coefficient (Wildman–Crippen LogP) is 3.09. The fourth-order valence-corrected chi connectivity index (χ4v) is 3.64. The highest BCUT2D eigenvalue weighted by molar-refractivity contribution is 7.17. The second-order valence-corrected chi connectivity index (χ2v) is 7.24. The van der Waals surface area contributed by atoms with E-state index in [-0.39, 0.29) is 5.56 Å². The maximum atomic E-state index is 12.2. The van der Waals surface area contributed by atoms with E-state index in [1.54, 1.807) is 12.4 Å². The van der Waals surface area contributed by atoms with Crippen LogP contribution in [-0.4, -0.2) is 32.0 Å². The van der Waals surface area contributed by atoms with E-state index in [4.69, 9.17) is 4.98 Å². The molecule has 136 valence electrons. The lowest BCUT2D eigenvalue weighted by molar-refractivity contribution is 0.818. The first-order valence-electron chi connectivity index (χ1n) is 8.46. The van der Waals surface area contributed by atoms with Crippen LogP contribution in [0.4, 0.5) is 5.82 Å². The zero-order valence-electron chi connectivity index (χ0n) is 15.2. The van der Waals surface area contributed by atoms with Crippen molar-refractivity contribution in [3.05, 3.63) is 63.4 Å². The SMILES string of the molecule is Cc1nc(-c2ccncc2)nc(N(C)Cc2nc3ccsc3c(=O)[nH]2)c1C. The topological polar surface area (TPSA) is 87.7 Å². The fourth-order valence-electron chi connectivity index (χ4n) is 2.91. The van der Waals surface area contributed by atoms with Crippen molar-refractivity contribution in [2.45, 2.75) is 20.4 Å². The number of aromatic nitrogens is 5. The largest absolute Gasteiger partial charge is 0.352 e. The van der Waals surface area contributed by atoms with Gasteiger partial charge in [-0.1, -0.05) is 0 Å². The molecule has 0 atom stereocenters. The summed E-state index contributed by atoms with van der Waals surface area (Å²) >= 11 is 1.40. The van der Waals surface area contributed by atoms with Crippen molar-refractivity contribution >= 4 is 27.4 Å². The Morgan fingerprint density at radius 3 is 2.67 bits per heavy atom. The van der Waals surface area contributed by atoms with Crippen LogP contribution in [0.5, 0.6) is 0 Å². The van der Waals surface area contributed by atoms with Crippen LogP contribution in [-0.2, 0) is 6.54 Å². The first kappa shape index (κ1) is 17.3. The van der Waals surface area contributed by atoms with Crippen molar-refractivity contribution in [3.63, 3.8) is 0 Å². The zero-order valence-corrected chi connectivity index (χ0v) is 16.0. The van der Waals surface area contributed by atoms with Crippen LogP contribution in [0.15, 0.2) is 40.8 Å². The predicted molar refractivity (Wildman–Crippen MR) is 107 cm³/mol. The Kier molecular flexibility index (Phi) is 4.41. The maximum absolute atomic E-state index is 12.2. The van der Waals surface area contributed by atoms with Crippen molar-refractivity contribution in [1.29, 1.82) is 0 Å². The first-order chi connectivity index (χ1) is 13.0. The molecule has 8 heteroatoms. The number of pyridine rings is 1. The summed E-state index contributed by atoms with van der Waals surface area (Å²) in [5, 5.41) is 1.87. The second-order valence-electron chi connectivity index (χ2n) is 6.32. The van der Waals surface area contributed by atoms with Crippen LogP contribution in [0.3, 0.4) is 0 Å². The van der Waals surface area contributed by atoms with Gasteiger partial charge in [-0.2, -0.15) is 0 Å². The molecule has 0 spiro atoms. The molecule has 0 aliphatic rings. The highest BCUT2D eigenvalue weighted by Crippen LogP contribution is 2.24. The smallest absolute Gasteiger partial charge is 0.268 e. The van der Waals surface area contributed by atoms with Crippen LogP contribution in [0.1, 0.15) is 17.1 Å². The van der Waals surface area contributed by atoms with Gasteiger partial charge in [0.2, 0.25) is 0 Å². The molecule has 0 radical (unpaired) electrons. The number of nitrogens with one attached hydrogen (secondary N) is 1. The minimum atomic E-state index is -0.105. The molecule has 1 N–H and O–H groups in total. The molecule has 4 aromatic heterocycles. The molecule has 0 aromatic carbocycles. The molecule has 4 heterocycles. The van der Waals surface area contributed by atoms with Gasteiger partial charge in [0.05, 0.1) is 12.1 Å². The Balaban J connectivity index is 1.71. The van der Waals surface area contributed by atoms with Gasteiger partial charge in [-0.15, -0.1) is 11.3 Å². The molecular weight excluding hydrogens is 360 g/mol. The highest BCUT2D eigenvalue weighted by Gasteiger charge is 2.15. The van der Waals surface area contributed by atoms with Crippen molar-refractivity contribution in [2.24, 2.45) is 0 Å². The van der Waals surface area contributed by atoms with E-state index in [0.29, 0.717) is 22.9 Å². The molecule has 0 fully saturated rings. The molecule has 0 unspecified atom stereocenters. The summed E-state index contributed by atoms with van der Waals surface area (Å²) in [4.78, 5) is 35.0. The summed E-state index contributed by atoms with van der Waals surface area (Å²) in [6.45, 7) is 4.40. The van der Waals surface area contributed by atoms with Crippen molar-refractivity contribution < 1.29 is 0 Å². The van der Waals surface area contributed by atoms with Gasteiger partial charge in [-0.3, -0.25) is 9.78 Å². The highest BCUT2D eigenvalue weighted by atomic mass is 32.1. The number of nitrogens with zero attached hydrogens (tertiary/aromatic N) is 5. The van der Waals surface area contributed by atoms with Gasteiger partial charge in [0, 0.05) is 36.3 Å². The van der Waals surface area contributed by atoms with Crippen molar-refractivity contribution in [3.8, 4) is 11.4 Å². The number of fused-ring (bicyclic) bond motifs is 1. The Morgan fingerprint density at radius 2 is 1.89 bits per heavy atom. The Bertz CT molecular complexity index is 1170. The molecule has 0 aliphatic carbocycles. The standard InChI is InChI=1S/C19H18N6OS/c1-11-12(2)21-17(13-4-7-20-8-5-13)24-18(11)25(3)10-15-22-14-6-9-27-16(14)19(26)23-15/h4-9H,10H2,1-3H3,(H,22,23,26). The summed E-state index contributed by atoms with van der Waals surface area (Å²) in [6.07, 6.45) is 3.45. The molecule has 27 heavy (non-hydrogen) atoms. The number of hydrogen-bond acceptors (Lipinski definition) is 7. The molecule has 0 saturated heterocycles. The van der Waals surface area contributed by atoms with Gasteiger partial charge in [-0.25, -0.2) is 15.0 Å². The molecule has 0 amide bonds. The van der Waals surface area contributed by atoms with Crippen molar-refractivity contribution in [2.75, 3.05) is 11.9 Å². The molecule has 4 aromatic rings. The normalized spacial score (nSPS) is 11.1. The van der Waals surface area contributed by atoms with Crippen molar-refractivity contribution in [1.82, 2.24) is 24.9 Å². The molecular formula is C19H18N6OS. The van der Waals surface area contributed by atoms with E-state index in [1.807, 2.05) is 49.4 Å². The average Bonchev–Trinajstić information content (AvgIpc) is 3.13. The number of H-pyrrole nitrogens is 1. The van der Waals surface area contributed by atoms with E-state index in [2.05, 4.69) is 19.9 Å². The van der Waals surface area contributed by atoms with Gasteiger partial charge in [0.1, 0.15) is 16.3 Å². The van der Waals surface area contributed by atoms with E-state index < -0.39 is 0 Å². The average molecular weight is 378 g/mol. The van der Waals surface area contributed by atoms with Crippen LogP contribution < -0.4 is 10.5 Å². The monoisotopic (exact) mass is 378 g/mol. The van der Waals surface area contributed by atoms with Gasteiger partial charge >= 0.3 is 0 Å². The molecule has 7 nitrogen and oxygen atoms in total. The molecule has 0 saturated carbocycles. The quantitative estimate of drug-likeness (QED) is 0.587. The summed E-state index contributed by atoms with van der Waals surface area (Å²) < 4.78 is 0.649. The zero-order chi connectivity index (χ0) is 19.0. The van der Waals surface area contributed by atoms with Crippen LogP contribution in [0.25, 0.3) is 21.6 Å². The van der Waals surface area contributed by atoms with Gasteiger partial charge in [0.25, 0.3) is 5.56 Å². The lowest BCUT2D eigenvalue weighted by atomic mass is 10.2. The Labute approximate surface area is 159 Å².